The average molecular weight is 1420 g/mol. The van der Waals surface area contributed by atoms with Gasteiger partial charge in [-0.25, -0.2) is 34.7 Å². The first kappa shape index (κ1) is 76.2. The van der Waals surface area contributed by atoms with Gasteiger partial charge in [-0.1, -0.05) is 0 Å². The summed E-state index contributed by atoms with van der Waals surface area (Å²) < 4.78 is 314. The first-order chi connectivity index (χ1) is 40.5. The highest BCUT2D eigenvalue weighted by atomic mass is 32.3. The van der Waals surface area contributed by atoms with Gasteiger partial charge >= 0.3 is 74.3 Å². The third-order valence-electron chi connectivity index (χ3n) is 13.0. The van der Waals surface area contributed by atoms with Crippen molar-refractivity contribution in [2.75, 3.05) is 62.5 Å². The minimum Gasteiger partial charge on any atom is -0.479 e. The van der Waals surface area contributed by atoms with E-state index in [2.05, 4.69) is 16.7 Å². The minimum atomic E-state index is -6.15. The van der Waals surface area contributed by atoms with Crippen LogP contribution in [0.1, 0.15) is 0 Å². The molecule has 0 aliphatic carbocycles. The smallest absolute Gasteiger partial charge is 0.397 e. The third kappa shape index (κ3) is 20.5. The molecule has 5 heterocycles. The van der Waals surface area contributed by atoms with Crippen molar-refractivity contribution in [1.82, 2.24) is 0 Å². The molecule has 0 amide bonds. The number of aliphatic carboxylic acids is 2. The zero-order valence-corrected chi connectivity index (χ0v) is 50.2. The predicted molar refractivity (Wildman–Crippen MR) is 261 cm³/mol. The van der Waals surface area contributed by atoms with E-state index in [9.17, 15) is 103 Å². The van der Waals surface area contributed by atoms with Crippen LogP contribution in [0.5, 0.6) is 0 Å². The monoisotopic (exact) mass is 1420 g/mol. The summed E-state index contributed by atoms with van der Waals surface area (Å²) in [5.41, 5.74) is 6.00. The summed E-state index contributed by atoms with van der Waals surface area (Å²) in [4.78, 5) is 26.3. The summed E-state index contributed by atoms with van der Waals surface area (Å²) in [6, 6.07) is -1.86. The molecule has 88 heavy (non-hydrogen) atoms. The summed E-state index contributed by atoms with van der Waals surface area (Å²) in [5, 5.41) is 42.4. The molecule has 5 saturated heterocycles. The first-order valence-corrected chi connectivity index (χ1v) is 32.1. The topological polar surface area (TPSA) is 661 Å². The van der Waals surface area contributed by atoms with Crippen LogP contribution < -0.4 is 5.73 Å². The van der Waals surface area contributed by atoms with E-state index in [0.717, 1.165) is 42.7 Å². The second kappa shape index (κ2) is 30.7. The second-order valence-corrected chi connectivity index (χ2v) is 24.9. The minimum absolute atomic E-state index is 0.802. The standard InChI is InChI=1S/C36H61NO45S6/c1-62-18-16(11(8-69-84(47,48)49)72-33(67-6)28(18)81-87(56,57)58)74-34-27(66-5)20(64-3)22(25(79-34)31(42)43)77-36-29(82-88(59,60)61)23(80-86(53,54)55)17(12(73-36)9-70-85(50,51)52)75-35-26(65-4)19(63-2)21(24(78-35)30(40)41)76-32-13(37)15(39)14(38)10(71-32)7-68-83(44,45)46/h10-29,32-36,38-39H,7-9,37H2,1-6H3,(H,40,41)(H,42,43)(H,44,45,46)(H,47,48,49)(H,50,51,52)(H,53,54,55)(H,56,57,58)(H,59,60,61)/t10-,11-,12-,13-,14-,15-,16-,17-,18+,19+,20+,21+,22+,23+,24+,25+,26-,27-,28-,29-,32-,33+,34+,35-,36-/m1/s1. The maximum Gasteiger partial charge on any atom is 0.397 e. The van der Waals surface area contributed by atoms with Gasteiger partial charge in [-0.15, -0.1) is 0 Å². The van der Waals surface area contributed by atoms with E-state index < -0.39 is 248 Å². The van der Waals surface area contributed by atoms with Crippen LogP contribution >= 0.6 is 0 Å². The van der Waals surface area contributed by atoms with Crippen LogP contribution in [0.2, 0.25) is 0 Å². The highest BCUT2D eigenvalue weighted by Gasteiger charge is 2.62. The van der Waals surface area contributed by atoms with Gasteiger partial charge in [0.25, 0.3) is 0 Å². The molecule has 0 radical (unpaired) electrons. The van der Waals surface area contributed by atoms with E-state index in [1.165, 1.54) is 0 Å². The van der Waals surface area contributed by atoms with Crippen molar-refractivity contribution < 1.29 is 204 Å². The van der Waals surface area contributed by atoms with Crippen LogP contribution in [-0.2, 0) is 168 Å². The van der Waals surface area contributed by atoms with Crippen LogP contribution in [0.25, 0.3) is 0 Å². The van der Waals surface area contributed by atoms with Gasteiger partial charge in [0.05, 0.1) is 25.9 Å². The van der Waals surface area contributed by atoms with Crippen molar-refractivity contribution in [1.29, 1.82) is 0 Å². The van der Waals surface area contributed by atoms with Crippen molar-refractivity contribution in [2.45, 2.75) is 153 Å². The molecule has 0 aromatic heterocycles. The number of aliphatic hydroxyl groups excluding tert-OH is 2. The lowest BCUT2D eigenvalue weighted by atomic mass is 9.94. The Morgan fingerprint density at radius 3 is 1.00 bits per heavy atom. The van der Waals surface area contributed by atoms with Crippen LogP contribution in [0, 0.1) is 0 Å². The molecule has 516 valence electrons. The lowest BCUT2D eigenvalue weighted by molar-refractivity contribution is -0.386. The second-order valence-electron chi connectivity index (χ2n) is 18.5. The molecule has 52 heteroatoms. The molecular formula is C36H61NO45S6. The van der Waals surface area contributed by atoms with E-state index in [1.807, 2.05) is 0 Å². The largest absolute Gasteiger partial charge is 0.479 e. The summed E-state index contributed by atoms with van der Waals surface area (Å²) in [5.74, 6) is -4.19. The maximum absolute atomic E-state index is 13.3. The number of hydrogen-bond acceptors (Lipinski definition) is 38. The highest BCUT2D eigenvalue weighted by molar-refractivity contribution is 7.82. The number of carbonyl (C=O) groups is 2. The highest BCUT2D eigenvalue weighted by Crippen LogP contribution is 2.40. The summed E-state index contributed by atoms with van der Waals surface area (Å²) in [6.07, 6.45) is -55.5. The Labute approximate surface area is 498 Å². The molecule has 25 atom stereocenters. The van der Waals surface area contributed by atoms with Crippen LogP contribution in [0.15, 0.2) is 0 Å². The van der Waals surface area contributed by atoms with Gasteiger partial charge in [0.2, 0.25) is 0 Å². The van der Waals surface area contributed by atoms with Crippen molar-refractivity contribution in [3.63, 3.8) is 0 Å². The van der Waals surface area contributed by atoms with Gasteiger partial charge in [-0.3, -0.25) is 27.3 Å². The maximum atomic E-state index is 13.3. The third-order valence-corrected chi connectivity index (χ3v) is 15.7. The molecular weight excluding hydrogens is 1360 g/mol. The molecule has 0 unspecified atom stereocenters. The molecule has 5 aliphatic rings. The Kier molecular flexibility index (Phi) is 26.5. The number of rotatable bonds is 31. The van der Waals surface area contributed by atoms with Crippen molar-refractivity contribution in [3.8, 4) is 0 Å². The number of aliphatic hydroxyl groups is 2. The van der Waals surface area contributed by atoms with E-state index in [4.69, 9.17) is 89.7 Å². The van der Waals surface area contributed by atoms with Crippen LogP contribution in [0.3, 0.4) is 0 Å². The molecule has 0 bridgehead atoms. The Bertz CT molecular complexity index is 3030. The lowest BCUT2D eigenvalue weighted by Gasteiger charge is -2.51. The molecule has 0 spiro atoms. The number of hydrogen-bond donors (Lipinski definition) is 11. The van der Waals surface area contributed by atoms with Gasteiger partial charge in [-0.05, 0) is 0 Å². The lowest BCUT2D eigenvalue weighted by Crippen LogP contribution is -2.70. The van der Waals surface area contributed by atoms with Crippen LogP contribution in [-0.4, -0.2) is 326 Å². The fourth-order valence-electron chi connectivity index (χ4n) is 9.52. The Balaban J connectivity index is 1.59. The quantitative estimate of drug-likeness (QED) is 0.0287. The summed E-state index contributed by atoms with van der Waals surface area (Å²) >= 11 is 0. The van der Waals surface area contributed by atoms with Gasteiger partial charge in [0, 0.05) is 42.7 Å². The molecule has 0 aromatic rings. The fourth-order valence-corrected chi connectivity index (χ4v) is 11.9. The average Bonchev–Trinajstić information content (AvgIpc) is 0.993. The molecule has 46 nitrogen and oxygen atoms in total. The van der Waals surface area contributed by atoms with E-state index in [1.54, 1.807) is 0 Å². The number of ether oxygens (including phenoxy) is 15. The van der Waals surface area contributed by atoms with Crippen LogP contribution in [0.4, 0.5) is 0 Å². The van der Waals surface area contributed by atoms with Crippen molar-refractivity contribution in [2.24, 2.45) is 5.73 Å². The van der Waals surface area contributed by atoms with Crippen molar-refractivity contribution in [3.05, 3.63) is 0 Å². The molecule has 12 N–H and O–H groups in total. The van der Waals surface area contributed by atoms with Crippen molar-refractivity contribution >= 4 is 74.3 Å². The zero-order chi connectivity index (χ0) is 66.6. The molecule has 5 aliphatic heterocycles. The predicted octanol–water partition coefficient (Wildman–Crippen LogP) is -8.89. The normalized spacial score (nSPS) is 39.2. The number of methoxy groups -OCH3 is 6. The first-order valence-electron chi connectivity index (χ1n) is 23.9. The number of carboxylic acid groups (broad SMARTS) is 2. The molecule has 0 saturated carbocycles. The number of nitrogens with two attached hydrogens (primary N) is 1. The van der Waals surface area contributed by atoms with E-state index >= 15 is 0 Å². The zero-order valence-electron chi connectivity index (χ0n) is 45.3. The van der Waals surface area contributed by atoms with Gasteiger partial charge in [0.15, 0.2) is 55.9 Å². The van der Waals surface area contributed by atoms with E-state index in [0.29, 0.717) is 0 Å². The van der Waals surface area contributed by atoms with E-state index in [-0.39, 0.29) is 0 Å². The molecule has 0 aromatic carbocycles. The SMILES string of the molecule is CO[C@H]1O[C@H](COS(=O)(=O)O)[C@@H](O[C@H]2O[C@H](C(=O)O)[C@@H](O[C@H]3O[C@H](COS(=O)(=O)O)[C@@H](O[C@@H]4O[C@H](C(=O)O)[C@@H](O[C@H]5O[C@H](COS(=O)(=O)O)[C@@H](O)[C@H](O)[C@H]5N)[C@H](OC)[C@H]4OC)[C@H](OS(=O)(=O)O)[C@H]3OS(=O)(=O)O)[C@H](OC)[C@H]2OC)[C@H](OC)[C@H]1OS(=O)(=O)O. The Morgan fingerprint density at radius 1 is 0.352 bits per heavy atom. The molecule has 5 rings (SSSR count). The van der Waals surface area contributed by atoms with Gasteiger partial charge in [-0.2, -0.15) is 50.5 Å². The Hall–Kier alpha value is -2.56. The fraction of sp³-hybridized carbons (Fsp3) is 0.944. The van der Waals surface area contributed by atoms with Gasteiger partial charge in [0.1, 0.15) is 91.6 Å². The summed E-state index contributed by atoms with van der Waals surface area (Å²) in [7, 11) is -29.0. The number of carboxylic acids is 2. The molecule has 5 fully saturated rings. The Morgan fingerprint density at radius 2 is 0.648 bits per heavy atom. The van der Waals surface area contributed by atoms with Gasteiger partial charge < -0.3 is 97.2 Å². The summed E-state index contributed by atoms with van der Waals surface area (Å²) in [6.45, 7) is -4.21.